The number of carbonyl (C=O) groups is 1. The molecule has 0 aliphatic carbocycles. The summed E-state index contributed by atoms with van der Waals surface area (Å²) in [5.74, 6) is 0.0625. The maximum absolute atomic E-state index is 12.8. The number of furan rings is 1. The van der Waals surface area contributed by atoms with E-state index in [-0.39, 0.29) is 53.5 Å². The molecule has 0 amide bonds. The number of carbonyl (C=O) groups excluding carboxylic acids is 1. The zero-order chi connectivity index (χ0) is 29.3. The van der Waals surface area contributed by atoms with Crippen LogP contribution in [-0.2, 0) is 18.6 Å². The Labute approximate surface area is 233 Å². The molecule has 0 aliphatic heterocycles. The summed E-state index contributed by atoms with van der Waals surface area (Å²) in [4.78, 5) is 12.8. The molecule has 0 aliphatic rings. The second kappa shape index (κ2) is 15.6. The Morgan fingerprint density at radius 1 is 0.974 bits per heavy atom. The van der Waals surface area contributed by atoms with E-state index in [1.807, 2.05) is 13.8 Å². The van der Waals surface area contributed by atoms with E-state index in [1.165, 1.54) is 6.26 Å². The second-order valence-electron chi connectivity index (χ2n) is 12.9. The molecule has 0 unspecified atom stereocenters. The van der Waals surface area contributed by atoms with Crippen molar-refractivity contribution in [2.24, 2.45) is 23.7 Å². The Morgan fingerprint density at radius 3 is 2.05 bits per heavy atom. The fourth-order valence-corrected chi connectivity index (χ4v) is 6.19. The van der Waals surface area contributed by atoms with Gasteiger partial charge in [-0.3, -0.25) is 0 Å². The molecule has 0 radical (unpaired) electrons. The average Bonchev–Trinajstić information content (AvgIpc) is 3.38. The van der Waals surface area contributed by atoms with Crippen LogP contribution in [0.3, 0.4) is 0 Å². The summed E-state index contributed by atoms with van der Waals surface area (Å²) in [6, 6.07) is 3.27. The predicted octanol–water partition coefficient (Wildman–Crippen LogP) is 6.95. The Kier molecular flexibility index (Phi) is 14.3. The first-order chi connectivity index (χ1) is 17.6. The zero-order valence-electron chi connectivity index (χ0n) is 26.1. The van der Waals surface area contributed by atoms with E-state index in [0.29, 0.717) is 12.3 Å². The molecular formula is C30H56O7Si. The van der Waals surface area contributed by atoms with E-state index in [9.17, 15) is 9.90 Å². The molecular weight excluding hydrogens is 500 g/mol. The highest BCUT2D eigenvalue weighted by molar-refractivity contribution is 6.74. The number of ether oxygens (including phenoxy) is 3. The average molecular weight is 557 g/mol. The van der Waals surface area contributed by atoms with Gasteiger partial charge in [0.2, 0.25) is 5.76 Å². The Hall–Kier alpha value is -1.19. The van der Waals surface area contributed by atoms with Crippen molar-refractivity contribution in [2.75, 3.05) is 20.8 Å². The highest BCUT2D eigenvalue weighted by atomic mass is 28.4. The minimum Gasteiger partial charge on any atom is -0.457 e. The lowest BCUT2D eigenvalue weighted by Gasteiger charge is -2.41. The van der Waals surface area contributed by atoms with Gasteiger partial charge in [-0.15, -0.1) is 0 Å². The Bertz CT molecular complexity index is 787. The van der Waals surface area contributed by atoms with E-state index in [0.717, 1.165) is 12.8 Å². The predicted molar refractivity (Wildman–Crippen MR) is 155 cm³/mol. The largest absolute Gasteiger partial charge is 0.457 e. The van der Waals surface area contributed by atoms with E-state index in [1.54, 1.807) is 26.4 Å². The normalized spacial score (nSPS) is 18.5. The van der Waals surface area contributed by atoms with Crippen molar-refractivity contribution in [1.82, 2.24) is 0 Å². The van der Waals surface area contributed by atoms with Crippen LogP contribution in [0.2, 0.25) is 18.1 Å². The van der Waals surface area contributed by atoms with Crippen LogP contribution in [0.5, 0.6) is 0 Å². The maximum Gasteiger partial charge on any atom is 0.374 e. The lowest BCUT2D eigenvalue weighted by molar-refractivity contribution is -0.0617. The van der Waals surface area contributed by atoms with E-state index < -0.39 is 20.4 Å². The van der Waals surface area contributed by atoms with Crippen LogP contribution in [0.4, 0.5) is 0 Å². The molecule has 222 valence electrons. The number of aliphatic hydroxyl groups is 1. The number of hydrogen-bond acceptors (Lipinski definition) is 7. The number of aliphatic hydroxyl groups excluding tert-OH is 1. The molecule has 0 bridgehead atoms. The molecule has 7 nitrogen and oxygen atoms in total. The molecule has 7 atom stereocenters. The minimum absolute atomic E-state index is 0.00529. The molecule has 0 aromatic carbocycles. The van der Waals surface area contributed by atoms with Crippen molar-refractivity contribution in [3.05, 3.63) is 24.2 Å². The van der Waals surface area contributed by atoms with E-state index in [2.05, 4.69) is 54.6 Å². The van der Waals surface area contributed by atoms with Crippen LogP contribution in [0.15, 0.2) is 22.8 Å². The van der Waals surface area contributed by atoms with Crippen LogP contribution in [0.25, 0.3) is 0 Å². The number of esters is 1. The molecule has 0 spiro atoms. The summed E-state index contributed by atoms with van der Waals surface area (Å²) in [5, 5.41) is 9.89. The quantitative estimate of drug-likeness (QED) is 0.164. The number of methoxy groups -OCH3 is 2. The van der Waals surface area contributed by atoms with Crippen LogP contribution in [-0.4, -0.2) is 64.6 Å². The van der Waals surface area contributed by atoms with Gasteiger partial charge >= 0.3 is 5.97 Å². The first kappa shape index (κ1) is 34.8. The Morgan fingerprint density at radius 2 is 1.61 bits per heavy atom. The summed E-state index contributed by atoms with van der Waals surface area (Å²) in [5.41, 5.74) is 0. The molecule has 8 heteroatoms. The van der Waals surface area contributed by atoms with E-state index in [4.69, 9.17) is 23.1 Å². The molecule has 1 heterocycles. The van der Waals surface area contributed by atoms with Gasteiger partial charge in [-0.05, 0) is 61.4 Å². The highest BCUT2D eigenvalue weighted by Crippen LogP contribution is 2.39. The number of hydrogen-bond donors (Lipinski definition) is 1. The van der Waals surface area contributed by atoms with Crippen molar-refractivity contribution in [1.29, 1.82) is 0 Å². The van der Waals surface area contributed by atoms with Gasteiger partial charge in [0.15, 0.2) is 8.32 Å². The van der Waals surface area contributed by atoms with Gasteiger partial charge in [-0.1, -0.05) is 55.4 Å². The summed E-state index contributed by atoms with van der Waals surface area (Å²) < 4.78 is 29.8. The second-order valence-corrected chi connectivity index (χ2v) is 17.6. The fraction of sp³-hybridized carbons (Fsp3) is 0.833. The first-order valence-electron chi connectivity index (χ1n) is 14.2. The van der Waals surface area contributed by atoms with Crippen molar-refractivity contribution < 1.29 is 33.0 Å². The molecule has 38 heavy (non-hydrogen) atoms. The first-order valence-corrected chi connectivity index (χ1v) is 17.1. The van der Waals surface area contributed by atoms with Gasteiger partial charge < -0.3 is 28.2 Å². The van der Waals surface area contributed by atoms with Gasteiger partial charge in [0.25, 0.3) is 0 Å². The van der Waals surface area contributed by atoms with Gasteiger partial charge in [0, 0.05) is 38.8 Å². The van der Waals surface area contributed by atoms with Gasteiger partial charge in [0.1, 0.15) is 6.10 Å². The molecule has 0 fully saturated rings. The summed E-state index contributed by atoms with van der Waals surface area (Å²) in [6.07, 6.45) is 3.17. The van der Waals surface area contributed by atoms with Crippen LogP contribution < -0.4 is 0 Å². The van der Waals surface area contributed by atoms with Crippen molar-refractivity contribution >= 4 is 14.3 Å². The molecule has 1 aromatic rings. The number of rotatable bonds is 17. The van der Waals surface area contributed by atoms with Crippen LogP contribution in [0, 0.1) is 23.7 Å². The SMILES string of the molecule is CO[C@@H]([C@@H](C)[C@@H](CC[C@H](C)[C@H](C[C@H](O[Si](C)(C)C(C)(C)C)C(C)C)OC)OC(=O)c1ccco1)[C@H](C)CO. The molecule has 0 saturated heterocycles. The zero-order valence-corrected chi connectivity index (χ0v) is 27.1. The fourth-order valence-electron chi connectivity index (χ4n) is 4.71. The standard InChI is InChI=1S/C30H56O7Si/c1-20(2)26(37-38(11,12)30(6,7)8)18-27(33-9)21(3)15-16-24(23(5)28(34-10)22(4)19-31)36-29(32)25-14-13-17-35-25/h13-14,17,20-24,26-28,31H,15-16,18-19H2,1-12H3/t21-,22+,23-,24+,26-,27-,28+/m0/s1. The summed E-state index contributed by atoms with van der Waals surface area (Å²) in [6.45, 7) is 22.0. The van der Waals surface area contributed by atoms with Crippen molar-refractivity contribution in [2.45, 2.75) is 117 Å². The van der Waals surface area contributed by atoms with E-state index >= 15 is 0 Å². The lowest BCUT2D eigenvalue weighted by atomic mass is 9.84. The Balaban J connectivity index is 3.02. The smallest absolute Gasteiger partial charge is 0.374 e. The van der Waals surface area contributed by atoms with Gasteiger partial charge in [0.05, 0.1) is 18.5 Å². The summed E-state index contributed by atoms with van der Waals surface area (Å²) >= 11 is 0. The third-order valence-corrected chi connectivity index (χ3v) is 13.0. The monoisotopic (exact) mass is 556 g/mol. The van der Waals surface area contributed by atoms with Gasteiger partial charge in [-0.2, -0.15) is 0 Å². The van der Waals surface area contributed by atoms with Crippen molar-refractivity contribution in [3.63, 3.8) is 0 Å². The van der Waals surface area contributed by atoms with Gasteiger partial charge in [-0.25, -0.2) is 4.79 Å². The molecule has 1 rings (SSSR count). The molecule has 0 saturated carbocycles. The minimum atomic E-state index is -1.93. The van der Waals surface area contributed by atoms with Crippen molar-refractivity contribution in [3.8, 4) is 0 Å². The van der Waals surface area contributed by atoms with Crippen LogP contribution in [0.1, 0.15) is 85.2 Å². The molecule has 1 aromatic heterocycles. The highest BCUT2D eigenvalue weighted by Gasteiger charge is 2.41. The summed E-state index contributed by atoms with van der Waals surface area (Å²) in [7, 11) is 1.48. The molecule has 1 N–H and O–H groups in total. The maximum atomic E-state index is 12.8. The third-order valence-electron chi connectivity index (χ3n) is 8.51. The topological polar surface area (TPSA) is 87.4 Å². The lowest BCUT2D eigenvalue weighted by Crippen LogP contribution is -2.46. The van der Waals surface area contributed by atoms with Crippen LogP contribution >= 0.6 is 0 Å². The third kappa shape index (κ3) is 10.1.